The van der Waals surface area contributed by atoms with E-state index < -0.39 is 17.8 Å². The first kappa shape index (κ1) is 25.1. The van der Waals surface area contributed by atoms with Crippen molar-refractivity contribution in [2.75, 3.05) is 24.4 Å². The lowest BCUT2D eigenvalue weighted by atomic mass is 10.2. The van der Waals surface area contributed by atoms with Crippen LogP contribution in [-0.2, 0) is 9.59 Å². The van der Waals surface area contributed by atoms with Gasteiger partial charge in [-0.1, -0.05) is 23.2 Å². The van der Waals surface area contributed by atoms with Crippen molar-refractivity contribution in [3.8, 4) is 17.2 Å². The maximum absolute atomic E-state index is 13.1. The van der Waals surface area contributed by atoms with E-state index in [4.69, 9.17) is 37.4 Å². The van der Waals surface area contributed by atoms with Gasteiger partial charge in [0.15, 0.2) is 0 Å². The Labute approximate surface area is 217 Å². The van der Waals surface area contributed by atoms with Gasteiger partial charge in [-0.3, -0.25) is 9.59 Å². The van der Waals surface area contributed by atoms with Crippen molar-refractivity contribution in [3.63, 3.8) is 0 Å². The molecule has 0 saturated heterocycles. The molecule has 36 heavy (non-hydrogen) atoms. The van der Waals surface area contributed by atoms with Gasteiger partial charge in [0.05, 0.1) is 25.5 Å². The Morgan fingerprint density at radius 3 is 2.19 bits per heavy atom. The average molecular weight is 527 g/mol. The van der Waals surface area contributed by atoms with Crippen LogP contribution in [0.15, 0.2) is 71.4 Å². The highest BCUT2D eigenvalue weighted by Crippen LogP contribution is 2.37. The molecule has 8 nitrogen and oxygen atoms in total. The monoisotopic (exact) mass is 526 g/mol. The summed E-state index contributed by atoms with van der Waals surface area (Å²) in [6.07, 6.45) is 0. The number of methoxy groups -OCH3 is 2. The molecule has 0 aliphatic carbocycles. The highest BCUT2D eigenvalue weighted by atomic mass is 35.5. The average Bonchev–Trinajstić information content (AvgIpc) is 3.09. The Balaban J connectivity index is 1.50. The number of aryl methyl sites for hydroxylation is 1. The molecule has 1 aliphatic heterocycles. The number of nitrogens with zero attached hydrogens (tertiary/aromatic N) is 1. The summed E-state index contributed by atoms with van der Waals surface area (Å²) in [7, 11) is 2.91. The van der Waals surface area contributed by atoms with E-state index in [-0.39, 0.29) is 27.7 Å². The number of carbonyl (C=O) groups excluding carboxylic acids is 3. The second-order valence-corrected chi connectivity index (χ2v) is 8.46. The number of amides is 2. The molecule has 10 heteroatoms. The first-order valence-electron chi connectivity index (χ1n) is 10.6. The minimum absolute atomic E-state index is 0.105. The molecule has 1 heterocycles. The maximum atomic E-state index is 13.1. The van der Waals surface area contributed by atoms with Crippen molar-refractivity contribution >= 4 is 52.4 Å². The third-order valence-corrected chi connectivity index (χ3v) is 6.16. The summed E-state index contributed by atoms with van der Waals surface area (Å²) in [5, 5.41) is 3.16. The Bertz CT molecular complexity index is 1400. The number of esters is 1. The second-order valence-electron chi connectivity index (χ2n) is 7.68. The van der Waals surface area contributed by atoms with Gasteiger partial charge < -0.3 is 19.5 Å². The molecule has 0 fully saturated rings. The van der Waals surface area contributed by atoms with Crippen LogP contribution in [0.3, 0.4) is 0 Å². The van der Waals surface area contributed by atoms with Crippen LogP contribution in [0.25, 0.3) is 0 Å². The lowest BCUT2D eigenvalue weighted by Crippen LogP contribution is -2.32. The van der Waals surface area contributed by atoms with Gasteiger partial charge in [-0.15, -0.1) is 0 Å². The van der Waals surface area contributed by atoms with E-state index in [9.17, 15) is 14.4 Å². The van der Waals surface area contributed by atoms with E-state index in [2.05, 4.69) is 5.32 Å². The lowest BCUT2D eigenvalue weighted by molar-refractivity contribution is -0.120. The zero-order chi connectivity index (χ0) is 26.0. The van der Waals surface area contributed by atoms with E-state index in [1.54, 1.807) is 49.4 Å². The summed E-state index contributed by atoms with van der Waals surface area (Å²) >= 11 is 12.2. The van der Waals surface area contributed by atoms with E-state index in [1.807, 2.05) is 0 Å². The maximum Gasteiger partial charge on any atom is 0.343 e. The molecular formula is C26H20Cl2N2O6. The molecule has 0 aromatic heterocycles. The standard InChI is InChI=1S/C26H20Cl2N2O6/c1-14-12-18(8-10-19(14)27)36-26(33)15-4-6-16(7-5-15)29-23-22(28)24(31)30(25(23)32)20-11-9-17(34-2)13-21(20)35-3/h4-13,29H,1-3H3. The molecule has 0 saturated carbocycles. The molecule has 4 rings (SSSR count). The quantitative estimate of drug-likeness (QED) is 0.253. The Kier molecular flexibility index (Phi) is 7.19. The Morgan fingerprint density at radius 2 is 1.56 bits per heavy atom. The molecule has 0 spiro atoms. The van der Waals surface area contributed by atoms with E-state index in [0.29, 0.717) is 22.2 Å². The Morgan fingerprint density at radius 1 is 0.861 bits per heavy atom. The van der Waals surface area contributed by atoms with Gasteiger partial charge >= 0.3 is 5.97 Å². The molecule has 3 aromatic rings. The third-order valence-electron chi connectivity index (χ3n) is 5.38. The minimum atomic E-state index is -0.703. The zero-order valence-electron chi connectivity index (χ0n) is 19.4. The fourth-order valence-corrected chi connectivity index (χ4v) is 3.81. The van der Waals surface area contributed by atoms with Crippen LogP contribution in [0.1, 0.15) is 15.9 Å². The number of anilines is 2. The molecular weight excluding hydrogens is 507 g/mol. The molecule has 1 aliphatic rings. The molecule has 0 atom stereocenters. The number of halogens is 2. The van der Waals surface area contributed by atoms with Crippen molar-refractivity contribution in [2.45, 2.75) is 6.92 Å². The fourth-order valence-electron chi connectivity index (χ4n) is 3.48. The summed E-state index contributed by atoms with van der Waals surface area (Å²) in [4.78, 5) is 39.3. The van der Waals surface area contributed by atoms with E-state index in [0.717, 1.165) is 10.5 Å². The highest BCUT2D eigenvalue weighted by Gasteiger charge is 2.40. The molecule has 1 N–H and O–H groups in total. The summed E-state index contributed by atoms with van der Waals surface area (Å²) in [5.74, 6) is -0.797. The van der Waals surface area contributed by atoms with Crippen molar-refractivity contribution in [3.05, 3.63) is 87.5 Å². The second kappa shape index (κ2) is 10.3. The van der Waals surface area contributed by atoms with Crippen LogP contribution in [0.2, 0.25) is 5.02 Å². The van der Waals surface area contributed by atoms with Crippen LogP contribution < -0.4 is 24.4 Å². The summed E-state index contributed by atoms with van der Waals surface area (Å²) in [6, 6.07) is 15.8. The summed E-state index contributed by atoms with van der Waals surface area (Å²) in [6.45, 7) is 1.81. The van der Waals surface area contributed by atoms with Gasteiger partial charge in [0.1, 0.15) is 28.0 Å². The first-order chi connectivity index (χ1) is 17.2. The van der Waals surface area contributed by atoms with Crippen molar-refractivity contribution in [1.82, 2.24) is 0 Å². The van der Waals surface area contributed by atoms with Crippen molar-refractivity contribution in [2.24, 2.45) is 0 Å². The Hall–Kier alpha value is -4.01. The van der Waals surface area contributed by atoms with Crippen molar-refractivity contribution < 1.29 is 28.6 Å². The SMILES string of the molecule is COc1ccc(N2C(=O)C(Cl)=C(Nc3ccc(C(=O)Oc4ccc(Cl)c(C)c4)cc3)C2=O)c(OC)c1. The normalized spacial score (nSPS) is 13.2. The number of hydrogen-bond acceptors (Lipinski definition) is 7. The first-order valence-corrected chi connectivity index (χ1v) is 11.3. The largest absolute Gasteiger partial charge is 0.497 e. The van der Waals surface area contributed by atoms with E-state index >= 15 is 0 Å². The number of benzene rings is 3. The smallest absolute Gasteiger partial charge is 0.343 e. The number of imide groups is 1. The molecule has 0 unspecified atom stereocenters. The molecule has 3 aromatic carbocycles. The van der Waals surface area contributed by atoms with Crippen LogP contribution in [0.4, 0.5) is 11.4 Å². The van der Waals surface area contributed by atoms with Crippen LogP contribution >= 0.6 is 23.2 Å². The van der Waals surface area contributed by atoms with Gasteiger partial charge in [0, 0.05) is 16.8 Å². The third kappa shape index (κ3) is 4.86. The number of nitrogens with one attached hydrogen (secondary N) is 1. The van der Waals surface area contributed by atoms with Gasteiger partial charge in [0.2, 0.25) is 0 Å². The molecule has 184 valence electrons. The fraction of sp³-hybridized carbons (Fsp3) is 0.115. The van der Waals surface area contributed by atoms with Crippen molar-refractivity contribution in [1.29, 1.82) is 0 Å². The van der Waals surface area contributed by atoms with Gasteiger partial charge in [0.25, 0.3) is 11.8 Å². The van der Waals surface area contributed by atoms with Crippen LogP contribution in [-0.4, -0.2) is 32.0 Å². The molecule has 2 amide bonds. The number of hydrogen-bond donors (Lipinski definition) is 1. The topological polar surface area (TPSA) is 94.2 Å². The van der Waals surface area contributed by atoms with Crippen LogP contribution in [0.5, 0.6) is 17.2 Å². The predicted octanol–water partition coefficient (Wildman–Crippen LogP) is 5.32. The van der Waals surface area contributed by atoms with Gasteiger partial charge in [-0.2, -0.15) is 0 Å². The number of rotatable bonds is 7. The minimum Gasteiger partial charge on any atom is -0.497 e. The molecule has 0 radical (unpaired) electrons. The molecule has 0 bridgehead atoms. The highest BCUT2D eigenvalue weighted by molar-refractivity contribution is 6.53. The zero-order valence-corrected chi connectivity index (χ0v) is 20.9. The summed E-state index contributed by atoms with van der Waals surface area (Å²) < 4.78 is 15.9. The predicted molar refractivity (Wildman–Crippen MR) is 136 cm³/mol. The lowest BCUT2D eigenvalue weighted by Gasteiger charge is -2.18. The van der Waals surface area contributed by atoms with Gasteiger partial charge in [-0.05, 0) is 67.1 Å². The van der Waals surface area contributed by atoms with Gasteiger partial charge in [-0.25, -0.2) is 9.69 Å². The number of carbonyl (C=O) groups is 3. The van der Waals surface area contributed by atoms with Crippen LogP contribution in [0, 0.1) is 6.92 Å². The summed E-state index contributed by atoms with van der Waals surface area (Å²) in [5.41, 5.74) is 1.62. The van der Waals surface area contributed by atoms with E-state index in [1.165, 1.54) is 32.4 Å². The number of ether oxygens (including phenoxy) is 3.